The standard InChI is InChI=1S/C15H20N2O3/c1-9-5-4-8-12(13(9)15(19)20)17-14(18)10-6-2-3-7-11(10)16/h4-5,8,10-11H,2-3,6-7,16H2,1H3,(H,17,18)(H,19,20). The number of benzene rings is 1. The molecule has 4 N–H and O–H groups in total. The van der Waals surface area contributed by atoms with Gasteiger partial charge in [0.2, 0.25) is 5.91 Å². The van der Waals surface area contributed by atoms with E-state index in [1.54, 1.807) is 25.1 Å². The predicted molar refractivity (Wildman–Crippen MR) is 76.7 cm³/mol. The summed E-state index contributed by atoms with van der Waals surface area (Å²) in [7, 11) is 0. The van der Waals surface area contributed by atoms with Crippen molar-refractivity contribution in [2.75, 3.05) is 5.32 Å². The number of nitrogens with one attached hydrogen (secondary N) is 1. The monoisotopic (exact) mass is 276 g/mol. The zero-order valence-corrected chi connectivity index (χ0v) is 11.6. The van der Waals surface area contributed by atoms with Gasteiger partial charge >= 0.3 is 5.97 Å². The molecule has 1 amide bonds. The molecule has 0 heterocycles. The Morgan fingerprint density at radius 2 is 2.00 bits per heavy atom. The minimum absolute atomic E-state index is 0.137. The fraction of sp³-hybridized carbons (Fsp3) is 0.467. The molecule has 1 aromatic rings. The van der Waals surface area contributed by atoms with Crippen molar-refractivity contribution in [1.29, 1.82) is 0 Å². The van der Waals surface area contributed by atoms with Crippen LogP contribution in [0.5, 0.6) is 0 Å². The molecule has 2 unspecified atom stereocenters. The number of amides is 1. The molecule has 1 fully saturated rings. The van der Waals surface area contributed by atoms with Crippen LogP contribution in [0.25, 0.3) is 0 Å². The van der Waals surface area contributed by atoms with E-state index in [0.29, 0.717) is 11.3 Å². The van der Waals surface area contributed by atoms with Gasteiger partial charge in [-0.2, -0.15) is 0 Å². The Balaban J connectivity index is 2.19. The average molecular weight is 276 g/mol. The number of anilines is 1. The second-order valence-corrected chi connectivity index (χ2v) is 5.35. The number of nitrogens with two attached hydrogens (primary N) is 1. The number of rotatable bonds is 3. The highest BCUT2D eigenvalue weighted by molar-refractivity contribution is 6.02. The van der Waals surface area contributed by atoms with E-state index in [9.17, 15) is 14.7 Å². The van der Waals surface area contributed by atoms with Crippen molar-refractivity contribution in [2.24, 2.45) is 11.7 Å². The summed E-state index contributed by atoms with van der Waals surface area (Å²) >= 11 is 0. The summed E-state index contributed by atoms with van der Waals surface area (Å²) in [5.74, 6) is -1.44. The highest BCUT2D eigenvalue weighted by Gasteiger charge is 2.29. The van der Waals surface area contributed by atoms with Gasteiger partial charge < -0.3 is 16.2 Å². The molecule has 0 aliphatic heterocycles. The summed E-state index contributed by atoms with van der Waals surface area (Å²) in [6, 6.07) is 4.92. The van der Waals surface area contributed by atoms with Gasteiger partial charge in [0.25, 0.3) is 0 Å². The zero-order valence-electron chi connectivity index (χ0n) is 11.6. The van der Waals surface area contributed by atoms with Crippen LogP contribution in [0, 0.1) is 12.8 Å². The SMILES string of the molecule is Cc1cccc(NC(=O)C2CCCCC2N)c1C(=O)O. The number of aryl methyl sites for hydroxylation is 1. The summed E-state index contributed by atoms with van der Waals surface area (Å²) in [5.41, 5.74) is 7.10. The van der Waals surface area contributed by atoms with Gasteiger partial charge in [-0.3, -0.25) is 4.79 Å². The average Bonchev–Trinajstić information content (AvgIpc) is 2.38. The maximum absolute atomic E-state index is 12.3. The lowest BCUT2D eigenvalue weighted by molar-refractivity contribution is -0.121. The van der Waals surface area contributed by atoms with Crippen LogP contribution in [-0.2, 0) is 4.79 Å². The van der Waals surface area contributed by atoms with Crippen molar-refractivity contribution < 1.29 is 14.7 Å². The molecular weight excluding hydrogens is 256 g/mol. The van der Waals surface area contributed by atoms with E-state index in [4.69, 9.17) is 5.73 Å². The van der Waals surface area contributed by atoms with E-state index < -0.39 is 5.97 Å². The van der Waals surface area contributed by atoms with Crippen molar-refractivity contribution in [3.63, 3.8) is 0 Å². The molecule has 0 radical (unpaired) electrons. The molecule has 1 aromatic carbocycles. The van der Waals surface area contributed by atoms with Gasteiger partial charge in [0, 0.05) is 6.04 Å². The lowest BCUT2D eigenvalue weighted by atomic mass is 9.84. The van der Waals surface area contributed by atoms with E-state index in [1.165, 1.54) is 0 Å². The van der Waals surface area contributed by atoms with Crippen molar-refractivity contribution in [2.45, 2.75) is 38.6 Å². The van der Waals surface area contributed by atoms with Crippen LogP contribution in [0.4, 0.5) is 5.69 Å². The molecule has 0 bridgehead atoms. The highest BCUT2D eigenvalue weighted by Crippen LogP contribution is 2.26. The lowest BCUT2D eigenvalue weighted by Crippen LogP contribution is -2.40. The molecule has 0 spiro atoms. The molecule has 20 heavy (non-hydrogen) atoms. The largest absolute Gasteiger partial charge is 0.478 e. The maximum Gasteiger partial charge on any atom is 0.338 e. The Hall–Kier alpha value is -1.88. The predicted octanol–water partition coefficient (Wildman–Crippen LogP) is 2.15. The first-order chi connectivity index (χ1) is 9.50. The smallest absolute Gasteiger partial charge is 0.338 e. The number of carboxylic acid groups (broad SMARTS) is 1. The Kier molecular flexibility index (Phi) is 4.39. The fourth-order valence-corrected chi connectivity index (χ4v) is 2.77. The van der Waals surface area contributed by atoms with Crippen LogP contribution in [0.3, 0.4) is 0 Å². The minimum atomic E-state index is -1.04. The van der Waals surface area contributed by atoms with Gasteiger partial charge in [0.1, 0.15) is 0 Å². The van der Waals surface area contributed by atoms with Crippen molar-refractivity contribution in [3.8, 4) is 0 Å². The van der Waals surface area contributed by atoms with Crippen LogP contribution < -0.4 is 11.1 Å². The summed E-state index contributed by atoms with van der Waals surface area (Å²) in [6.07, 6.45) is 3.65. The minimum Gasteiger partial charge on any atom is -0.478 e. The lowest BCUT2D eigenvalue weighted by Gasteiger charge is -2.27. The van der Waals surface area contributed by atoms with Gasteiger partial charge in [0.05, 0.1) is 17.2 Å². The fourth-order valence-electron chi connectivity index (χ4n) is 2.77. The van der Waals surface area contributed by atoms with Gasteiger partial charge in [-0.05, 0) is 31.4 Å². The summed E-state index contributed by atoms with van der Waals surface area (Å²) in [6.45, 7) is 1.71. The highest BCUT2D eigenvalue weighted by atomic mass is 16.4. The number of carbonyl (C=O) groups excluding carboxylic acids is 1. The van der Waals surface area contributed by atoms with Crippen molar-refractivity contribution >= 4 is 17.6 Å². The third kappa shape index (κ3) is 2.99. The summed E-state index contributed by atoms with van der Waals surface area (Å²) in [4.78, 5) is 23.6. The Bertz CT molecular complexity index is 528. The molecule has 1 aliphatic carbocycles. The second-order valence-electron chi connectivity index (χ2n) is 5.35. The number of hydrogen-bond donors (Lipinski definition) is 3. The van der Waals surface area contributed by atoms with Crippen molar-refractivity contribution in [3.05, 3.63) is 29.3 Å². The molecule has 2 atom stereocenters. The molecule has 2 rings (SSSR count). The Labute approximate surface area is 118 Å². The molecule has 108 valence electrons. The van der Waals surface area contributed by atoms with E-state index in [0.717, 1.165) is 25.7 Å². The Morgan fingerprint density at radius 1 is 1.30 bits per heavy atom. The van der Waals surface area contributed by atoms with Crippen LogP contribution in [0.15, 0.2) is 18.2 Å². The van der Waals surface area contributed by atoms with E-state index in [-0.39, 0.29) is 23.4 Å². The van der Waals surface area contributed by atoms with E-state index in [2.05, 4.69) is 5.32 Å². The summed E-state index contributed by atoms with van der Waals surface area (Å²) in [5, 5.41) is 12.0. The number of carboxylic acids is 1. The molecule has 0 aromatic heterocycles. The van der Waals surface area contributed by atoms with Crippen LogP contribution in [0.1, 0.15) is 41.6 Å². The number of carbonyl (C=O) groups is 2. The quantitative estimate of drug-likeness (QED) is 0.788. The first kappa shape index (κ1) is 14.5. The normalized spacial score (nSPS) is 22.3. The van der Waals surface area contributed by atoms with Gasteiger partial charge in [0.15, 0.2) is 0 Å². The second kappa shape index (κ2) is 6.05. The summed E-state index contributed by atoms with van der Waals surface area (Å²) < 4.78 is 0. The first-order valence-corrected chi connectivity index (χ1v) is 6.90. The van der Waals surface area contributed by atoms with Crippen LogP contribution in [0.2, 0.25) is 0 Å². The molecule has 1 aliphatic rings. The van der Waals surface area contributed by atoms with E-state index >= 15 is 0 Å². The topological polar surface area (TPSA) is 92.4 Å². The van der Waals surface area contributed by atoms with E-state index in [1.807, 2.05) is 0 Å². The Morgan fingerprint density at radius 3 is 2.65 bits per heavy atom. The van der Waals surface area contributed by atoms with Crippen molar-refractivity contribution in [1.82, 2.24) is 0 Å². The molecular formula is C15H20N2O3. The maximum atomic E-state index is 12.3. The van der Waals surface area contributed by atoms with Gasteiger partial charge in [-0.15, -0.1) is 0 Å². The number of aromatic carboxylic acids is 1. The van der Waals surface area contributed by atoms with Gasteiger partial charge in [-0.1, -0.05) is 25.0 Å². The van der Waals surface area contributed by atoms with Crippen LogP contribution in [-0.4, -0.2) is 23.0 Å². The third-order valence-electron chi connectivity index (χ3n) is 3.90. The molecule has 0 saturated heterocycles. The van der Waals surface area contributed by atoms with Gasteiger partial charge in [-0.25, -0.2) is 4.79 Å². The number of hydrogen-bond acceptors (Lipinski definition) is 3. The molecule has 5 heteroatoms. The zero-order chi connectivity index (χ0) is 14.7. The molecule has 1 saturated carbocycles. The first-order valence-electron chi connectivity index (χ1n) is 6.90. The van der Waals surface area contributed by atoms with Crippen LogP contribution >= 0.6 is 0 Å². The molecule has 5 nitrogen and oxygen atoms in total. The third-order valence-corrected chi connectivity index (χ3v) is 3.90.